The first-order valence-corrected chi connectivity index (χ1v) is 7.07. The van der Waals surface area contributed by atoms with E-state index in [1.807, 2.05) is 0 Å². The van der Waals surface area contributed by atoms with Gasteiger partial charge in [0.05, 0.1) is 6.61 Å². The standard InChI is InChI=1S/C14H20BrNO/c1-10(2)9-17-16-14-7-12(8-14)11-4-3-5-13(15)6-11/h3-6,10,12,14,16H,7-9H2,1-2H3. The molecular weight excluding hydrogens is 278 g/mol. The molecule has 1 aliphatic rings. The number of benzene rings is 1. The second kappa shape index (κ2) is 5.98. The minimum absolute atomic E-state index is 0.526. The summed E-state index contributed by atoms with van der Waals surface area (Å²) in [6.45, 7) is 5.11. The first-order valence-electron chi connectivity index (χ1n) is 6.28. The maximum atomic E-state index is 5.45. The minimum atomic E-state index is 0.526. The molecule has 0 atom stereocenters. The van der Waals surface area contributed by atoms with Crippen molar-refractivity contribution in [1.29, 1.82) is 0 Å². The summed E-state index contributed by atoms with van der Waals surface area (Å²) in [5, 5.41) is 0. The summed E-state index contributed by atoms with van der Waals surface area (Å²) in [6.07, 6.45) is 2.35. The molecule has 0 aromatic heterocycles. The summed E-state index contributed by atoms with van der Waals surface area (Å²) in [5.74, 6) is 1.27. The van der Waals surface area contributed by atoms with Crippen molar-refractivity contribution < 1.29 is 4.84 Å². The number of hydroxylamine groups is 1. The van der Waals surface area contributed by atoms with Crippen LogP contribution in [0.25, 0.3) is 0 Å². The number of hydrogen-bond donors (Lipinski definition) is 1. The lowest BCUT2D eigenvalue weighted by Gasteiger charge is -2.36. The molecule has 1 aromatic carbocycles. The van der Waals surface area contributed by atoms with E-state index in [0.717, 1.165) is 6.61 Å². The van der Waals surface area contributed by atoms with E-state index in [9.17, 15) is 0 Å². The van der Waals surface area contributed by atoms with Gasteiger partial charge in [-0.15, -0.1) is 0 Å². The van der Waals surface area contributed by atoms with Crippen LogP contribution in [0.1, 0.15) is 38.2 Å². The Morgan fingerprint density at radius 2 is 2.18 bits per heavy atom. The molecule has 3 heteroatoms. The molecule has 0 unspecified atom stereocenters. The average molecular weight is 298 g/mol. The Labute approximate surface area is 112 Å². The Kier molecular flexibility index (Phi) is 4.60. The summed E-state index contributed by atoms with van der Waals surface area (Å²) in [5.41, 5.74) is 4.58. The molecule has 2 rings (SSSR count). The number of halogens is 1. The van der Waals surface area contributed by atoms with Crippen molar-refractivity contribution in [3.63, 3.8) is 0 Å². The molecule has 0 heterocycles. The Morgan fingerprint density at radius 3 is 2.82 bits per heavy atom. The van der Waals surface area contributed by atoms with Crippen LogP contribution in [0.2, 0.25) is 0 Å². The van der Waals surface area contributed by atoms with Gasteiger partial charge >= 0.3 is 0 Å². The lowest BCUT2D eigenvalue weighted by molar-refractivity contribution is -0.0212. The molecule has 94 valence electrons. The summed E-state index contributed by atoms with van der Waals surface area (Å²) in [4.78, 5) is 5.45. The zero-order valence-corrected chi connectivity index (χ0v) is 12.0. The molecule has 0 aliphatic heterocycles. The van der Waals surface area contributed by atoms with Crippen LogP contribution in [-0.4, -0.2) is 12.6 Å². The summed E-state index contributed by atoms with van der Waals surface area (Å²) < 4.78 is 1.17. The average Bonchev–Trinajstić information content (AvgIpc) is 2.21. The molecule has 0 saturated heterocycles. The van der Waals surface area contributed by atoms with E-state index in [4.69, 9.17) is 4.84 Å². The first-order chi connectivity index (χ1) is 8.15. The molecule has 1 N–H and O–H groups in total. The third kappa shape index (κ3) is 3.80. The highest BCUT2D eigenvalue weighted by Crippen LogP contribution is 2.37. The van der Waals surface area contributed by atoms with Crippen LogP contribution in [0.15, 0.2) is 28.7 Å². The highest BCUT2D eigenvalue weighted by atomic mass is 79.9. The second-order valence-electron chi connectivity index (χ2n) is 5.24. The van der Waals surface area contributed by atoms with Crippen LogP contribution in [0, 0.1) is 5.92 Å². The van der Waals surface area contributed by atoms with Gasteiger partial charge in [-0.2, -0.15) is 5.48 Å². The van der Waals surface area contributed by atoms with E-state index in [1.54, 1.807) is 0 Å². The first kappa shape index (κ1) is 13.1. The maximum Gasteiger partial charge on any atom is 0.0705 e. The van der Waals surface area contributed by atoms with Crippen LogP contribution < -0.4 is 5.48 Å². The molecule has 17 heavy (non-hydrogen) atoms. The van der Waals surface area contributed by atoms with Gasteiger partial charge in [-0.3, -0.25) is 0 Å². The van der Waals surface area contributed by atoms with Gasteiger partial charge in [0.15, 0.2) is 0 Å². The molecular formula is C14H20BrNO. The van der Waals surface area contributed by atoms with E-state index in [0.29, 0.717) is 17.9 Å². The zero-order valence-electron chi connectivity index (χ0n) is 10.4. The van der Waals surface area contributed by atoms with Crippen LogP contribution in [-0.2, 0) is 4.84 Å². The van der Waals surface area contributed by atoms with Crippen LogP contribution in [0.4, 0.5) is 0 Å². The van der Waals surface area contributed by atoms with Crippen molar-refractivity contribution in [2.45, 2.75) is 38.6 Å². The predicted molar refractivity (Wildman–Crippen MR) is 73.8 cm³/mol. The Hall–Kier alpha value is -0.380. The van der Waals surface area contributed by atoms with E-state index < -0.39 is 0 Å². The third-order valence-corrected chi connectivity index (χ3v) is 3.62. The van der Waals surface area contributed by atoms with Gasteiger partial charge in [0.1, 0.15) is 0 Å². The zero-order chi connectivity index (χ0) is 12.3. The van der Waals surface area contributed by atoms with Crippen molar-refractivity contribution in [3.05, 3.63) is 34.3 Å². The van der Waals surface area contributed by atoms with Gasteiger partial charge in [0.25, 0.3) is 0 Å². The fourth-order valence-corrected chi connectivity index (χ4v) is 2.50. The topological polar surface area (TPSA) is 21.3 Å². The molecule has 1 aliphatic carbocycles. The predicted octanol–water partition coefficient (Wildman–Crippen LogP) is 3.87. The van der Waals surface area contributed by atoms with Gasteiger partial charge in [0, 0.05) is 10.5 Å². The van der Waals surface area contributed by atoms with Gasteiger partial charge in [-0.1, -0.05) is 41.9 Å². The number of hydrogen-bond acceptors (Lipinski definition) is 2. The Bertz CT molecular complexity index is 361. The van der Waals surface area contributed by atoms with E-state index >= 15 is 0 Å². The van der Waals surface area contributed by atoms with Gasteiger partial charge in [-0.05, 0) is 42.4 Å². The normalized spacial score (nSPS) is 23.8. The highest BCUT2D eigenvalue weighted by molar-refractivity contribution is 9.10. The van der Waals surface area contributed by atoms with Gasteiger partial charge in [0.2, 0.25) is 0 Å². The Morgan fingerprint density at radius 1 is 1.41 bits per heavy atom. The highest BCUT2D eigenvalue weighted by Gasteiger charge is 2.30. The van der Waals surface area contributed by atoms with Gasteiger partial charge < -0.3 is 4.84 Å². The fraction of sp³-hybridized carbons (Fsp3) is 0.571. The van der Waals surface area contributed by atoms with E-state index in [-0.39, 0.29) is 0 Å². The summed E-state index contributed by atoms with van der Waals surface area (Å²) in [7, 11) is 0. The molecule has 0 bridgehead atoms. The van der Waals surface area contributed by atoms with Crippen LogP contribution >= 0.6 is 15.9 Å². The molecule has 1 aromatic rings. The van der Waals surface area contributed by atoms with Crippen molar-refractivity contribution in [1.82, 2.24) is 5.48 Å². The van der Waals surface area contributed by atoms with Crippen molar-refractivity contribution in [3.8, 4) is 0 Å². The van der Waals surface area contributed by atoms with Crippen molar-refractivity contribution in [2.75, 3.05) is 6.61 Å². The molecule has 2 nitrogen and oxygen atoms in total. The number of nitrogens with one attached hydrogen (secondary N) is 1. The van der Waals surface area contributed by atoms with E-state index in [2.05, 4.69) is 59.5 Å². The largest absolute Gasteiger partial charge is 0.301 e. The quantitative estimate of drug-likeness (QED) is 0.833. The second-order valence-corrected chi connectivity index (χ2v) is 6.16. The maximum absolute atomic E-state index is 5.45. The van der Waals surface area contributed by atoms with E-state index in [1.165, 1.54) is 22.9 Å². The molecule has 0 spiro atoms. The molecule has 1 saturated carbocycles. The number of rotatable bonds is 5. The Balaban J connectivity index is 1.72. The summed E-state index contributed by atoms with van der Waals surface area (Å²) >= 11 is 3.52. The van der Waals surface area contributed by atoms with Gasteiger partial charge in [-0.25, -0.2) is 0 Å². The van der Waals surface area contributed by atoms with Crippen molar-refractivity contribution >= 4 is 15.9 Å². The third-order valence-electron chi connectivity index (χ3n) is 3.12. The van der Waals surface area contributed by atoms with Crippen LogP contribution in [0.3, 0.4) is 0 Å². The molecule has 0 radical (unpaired) electrons. The summed E-state index contributed by atoms with van der Waals surface area (Å²) in [6, 6.07) is 9.13. The fourth-order valence-electron chi connectivity index (χ4n) is 2.08. The van der Waals surface area contributed by atoms with Crippen molar-refractivity contribution in [2.24, 2.45) is 5.92 Å². The SMILES string of the molecule is CC(C)CONC1CC(c2cccc(Br)c2)C1. The van der Waals surface area contributed by atoms with Crippen LogP contribution in [0.5, 0.6) is 0 Å². The monoisotopic (exact) mass is 297 g/mol. The minimum Gasteiger partial charge on any atom is -0.301 e. The lowest BCUT2D eigenvalue weighted by Crippen LogP contribution is -2.40. The smallest absolute Gasteiger partial charge is 0.0705 e. The lowest BCUT2D eigenvalue weighted by atomic mass is 9.76. The molecule has 1 fully saturated rings. The molecule has 0 amide bonds.